The Hall–Kier alpha value is 0.290. The summed E-state index contributed by atoms with van der Waals surface area (Å²) in [6.07, 6.45) is 0. The van der Waals surface area contributed by atoms with E-state index < -0.39 is 0 Å². The van der Waals surface area contributed by atoms with E-state index in [-0.39, 0.29) is 0 Å². The molecule has 0 aromatic heterocycles. The van der Waals surface area contributed by atoms with E-state index in [0.717, 1.165) is 11.0 Å². The van der Waals surface area contributed by atoms with Gasteiger partial charge in [0.05, 0.1) is 139 Å². The van der Waals surface area contributed by atoms with Crippen molar-refractivity contribution in [1.29, 1.82) is 0 Å². The molecule has 36 heavy (non-hydrogen) atoms. The number of rotatable bonds is 33. The van der Waals surface area contributed by atoms with E-state index in [9.17, 15) is 0 Å². The normalized spacial score (nSPS) is 11.5. The highest BCUT2D eigenvalue weighted by atomic mass is 127. The van der Waals surface area contributed by atoms with Crippen LogP contribution in [-0.2, 0) is 52.1 Å². The summed E-state index contributed by atoms with van der Waals surface area (Å²) in [6.45, 7) is 14.5. The Kier molecular flexibility index (Phi) is 35.6. The summed E-state index contributed by atoms with van der Waals surface area (Å²) in [7, 11) is 0. The van der Waals surface area contributed by atoms with Gasteiger partial charge in [0, 0.05) is 11.0 Å². The summed E-state index contributed by atoms with van der Waals surface area (Å²) < 4.78 is 60.3. The van der Waals surface area contributed by atoms with Gasteiger partial charge in [-0.1, -0.05) is 22.6 Å². The zero-order valence-electron chi connectivity index (χ0n) is 22.1. The topological polar surface area (TPSA) is 102 Å². The summed E-state index contributed by atoms with van der Waals surface area (Å²) in [6, 6.07) is 0. The van der Waals surface area contributed by atoms with Gasteiger partial charge in [0.25, 0.3) is 0 Å². The molecule has 0 aromatic rings. The van der Waals surface area contributed by atoms with Crippen molar-refractivity contribution in [3.8, 4) is 0 Å². The van der Waals surface area contributed by atoms with Gasteiger partial charge in [-0.2, -0.15) is 0 Å². The molecule has 0 aliphatic heterocycles. The highest BCUT2D eigenvalue weighted by molar-refractivity contribution is 14.1. The molecule has 0 bridgehead atoms. The monoisotopic (exact) mass is 640 g/mol. The lowest BCUT2D eigenvalue weighted by molar-refractivity contribution is -0.0272. The van der Waals surface area contributed by atoms with Crippen molar-refractivity contribution in [2.75, 3.05) is 150 Å². The van der Waals surface area contributed by atoms with Gasteiger partial charge < -0.3 is 52.1 Å². The van der Waals surface area contributed by atoms with Crippen LogP contribution in [-0.4, -0.2) is 150 Å². The third kappa shape index (κ3) is 34.3. The predicted molar refractivity (Wildman–Crippen MR) is 144 cm³/mol. The van der Waals surface area contributed by atoms with Crippen LogP contribution >= 0.6 is 22.6 Å². The zero-order chi connectivity index (χ0) is 26.0. The van der Waals surface area contributed by atoms with E-state index in [4.69, 9.17) is 52.1 Å². The van der Waals surface area contributed by atoms with E-state index >= 15 is 0 Å². The number of halogens is 1. The van der Waals surface area contributed by atoms with Gasteiger partial charge in [-0.15, -0.1) is 0 Å². The first kappa shape index (κ1) is 36.3. The molecule has 12 heteroatoms. The lowest BCUT2D eigenvalue weighted by Gasteiger charge is -2.09. The summed E-state index contributed by atoms with van der Waals surface area (Å²) in [5.74, 6) is 0. The molecule has 0 unspecified atom stereocenters. The summed E-state index contributed by atoms with van der Waals surface area (Å²) in [5.41, 5.74) is 0. The van der Waals surface area contributed by atoms with Crippen LogP contribution in [0.4, 0.5) is 0 Å². The number of hydrogen-bond acceptors (Lipinski definition) is 11. The minimum absolute atomic E-state index is 0.527. The highest BCUT2D eigenvalue weighted by Gasteiger charge is 1.96. The fraction of sp³-hybridized carbons (Fsp3) is 1.00. The number of ether oxygens (including phenoxy) is 11. The third-order valence-electron chi connectivity index (χ3n) is 4.15. The van der Waals surface area contributed by atoms with Gasteiger partial charge >= 0.3 is 0 Å². The molecule has 0 aliphatic carbocycles. The zero-order valence-corrected chi connectivity index (χ0v) is 24.3. The average Bonchev–Trinajstić information content (AvgIpc) is 2.89. The van der Waals surface area contributed by atoms with Crippen LogP contribution in [0, 0.1) is 0 Å². The van der Waals surface area contributed by atoms with Crippen LogP contribution in [0.2, 0.25) is 0 Å². The molecule has 0 aliphatic rings. The molecule has 0 aromatic carbocycles. The molecular formula is C24H49IO11. The molecule has 0 fully saturated rings. The minimum Gasteiger partial charge on any atom is -0.379 e. The van der Waals surface area contributed by atoms with E-state index in [1.54, 1.807) is 0 Å². The molecule has 0 heterocycles. The first-order chi connectivity index (χ1) is 17.9. The van der Waals surface area contributed by atoms with E-state index in [0.29, 0.717) is 139 Å². The van der Waals surface area contributed by atoms with Crippen LogP contribution < -0.4 is 0 Å². The lowest BCUT2D eigenvalue weighted by Crippen LogP contribution is -2.15. The quantitative estimate of drug-likeness (QED) is 0.0595. The smallest absolute Gasteiger partial charge is 0.0701 e. The molecular weight excluding hydrogens is 591 g/mol. The maximum Gasteiger partial charge on any atom is 0.0701 e. The lowest BCUT2D eigenvalue weighted by atomic mass is 10.6. The average molecular weight is 641 g/mol. The van der Waals surface area contributed by atoms with Crippen molar-refractivity contribution < 1.29 is 52.1 Å². The molecule has 0 spiro atoms. The summed E-state index contributed by atoms with van der Waals surface area (Å²) >= 11 is 2.28. The van der Waals surface area contributed by atoms with Crippen molar-refractivity contribution in [2.45, 2.75) is 6.92 Å². The Morgan fingerprint density at radius 3 is 0.611 bits per heavy atom. The van der Waals surface area contributed by atoms with Crippen molar-refractivity contribution >= 4 is 22.6 Å². The molecule has 0 amide bonds. The first-order valence-corrected chi connectivity index (χ1v) is 14.4. The van der Waals surface area contributed by atoms with Gasteiger partial charge in [0.1, 0.15) is 0 Å². The SMILES string of the molecule is CCOCCOCCOCCOCCOCCOCCOCCOCCOCCOCCOCCI. The van der Waals surface area contributed by atoms with Gasteiger partial charge in [-0.05, 0) is 6.92 Å². The second-order valence-corrected chi connectivity index (χ2v) is 8.09. The molecule has 0 atom stereocenters. The van der Waals surface area contributed by atoms with Gasteiger partial charge in [0.2, 0.25) is 0 Å². The van der Waals surface area contributed by atoms with Crippen LogP contribution in [0.5, 0.6) is 0 Å². The second-order valence-electron chi connectivity index (χ2n) is 7.01. The molecule has 0 saturated heterocycles. The molecule has 0 radical (unpaired) electrons. The Labute approximate surface area is 231 Å². The summed E-state index contributed by atoms with van der Waals surface area (Å²) in [4.78, 5) is 0. The fourth-order valence-corrected chi connectivity index (χ4v) is 2.71. The Morgan fingerprint density at radius 2 is 0.444 bits per heavy atom. The fourth-order valence-electron chi connectivity index (χ4n) is 2.40. The van der Waals surface area contributed by atoms with E-state index in [1.165, 1.54) is 0 Å². The van der Waals surface area contributed by atoms with Crippen molar-refractivity contribution in [3.63, 3.8) is 0 Å². The van der Waals surface area contributed by atoms with Crippen molar-refractivity contribution in [1.82, 2.24) is 0 Å². The van der Waals surface area contributed by atoms with Crippen LogP contribution in [0.1, 0.15) is 6.92 Å². The summed E-state index contributed by atoms with van der Waals surface area (Å²) in [5, 5.41) is 0. The largest absolute Gasteiger partial charge is 0.379 e. The van der Waals surface area contributed by atoms with Crippen LogP contribution in [0.15, 0.2) is 0 Å². The minimum atomic E-state index is 0.527. The van der Waals surface area contributed by atoms with E-state index in [1.807, 2.05) is 6.92 Å². The molecule has 218 valence electrons. The van der Waals surface area contributed by atoms with Gasteiger partial charge in [-0.3, -0.25) is 0 Å². The molecule has 0 saturated carbocycles. The molecule has 11 nitrogen and oxygen atoms in total. The van der Waals surface area contributed by atoms with Crippen LogP contribution in [0.3, 0.4) is 0 Å². The first-order valence-electron chi connectivity index (χ1n) is 12.8. The van der Waals surface area contributed by atoms with Crippen LogP contribution in [0.25, 0.3) is 0 Å². The second kappa shape index (κ2) is 35.3. The Balaban J connectivity index is 3.00. The molecule has 0 rings (SSSR count). The van der Waals surface area contributed by atoms with Crippen molar-refractivity contribution in [3.05, 3.63) is 0 Å². The Morgan fingerprint density at radius 1 is 0.278 bits per heavy atom. The maximum absolute atomic E-state index is 5.45. The van der Waals surface area contributed by atoms with E-state index in [2.05, 4.69) is 22.6 Å². The number of alkyl halides is 1. The molecule has 0 N–H and O–H groups in total. The Bertz CT molecular complexity index is 350. The predicted octanol–water partition coefficient (Wildman–Crippen LogP) is 1.62. The van der Waals surface area contributed by atoms with Gasteiger partial charge in [0.15, 0.2) is 0 Å². The highest BCUT2D eigenvalue weighted by Crippen LogP contribution is 1.87. The standard InChI is InChI=1S/C24H49IO11/c1-2-26-5-6-28-9-10-30-13-14-32-17-18-34-21-22-36-24-23-35-20-19-33-16-15-31-12-11-29-8-7-27-4-3-25/h2-24H2,1H3. The van der Waals surface area contributed by atoms with Crippen molar-refractivity contribution in [2.24, 2.45) is 0 Å². The van der Waals surface area contributed by atoms with Gasteiger partial charge in [-0.25, -0.2) is 0 Å². The third-order valence-corrected chi connectivity index (χ3v) is 4.59. The number of hydrogen-bond donors (Lipinski definition) is 0. The maximum atomic E-state index is 5.45.